The van der Waals surface area contributed by atoms with Crippen LogP contribution in [0.2, 0.25) is 5.02 Å². The molecule has 2 aromatic heterocycles. The molecule has 0 unspecified atom stereocenters. The summed E-state index contributed by atoms with van der Waals surface area (Å²) in [6, 6.07) is 15.2. The molecular formula is C19H13ClN4OS2. The van der Waals surface area contributed by atoms with Gasteiger partial charge in [0.15, 0.2) is 5.01 Å². The Morgan fingerprint density at radius 3 is 2.74 bits per heavy atom. The number of carbonyl (C=O) groups excluding carboxylic acids is 1. The minimum Gasteiger partial charge on any atom is -0.304 e. The second-order valence-electron chi connectivity index (χ2n) is 6.10. The normalized spacial score (nSPS) is 13.1. The van der Waals surface area contributed by atoms with Gasteiger partial charge in [0, 0.05) is 22.1 Å². The zero-order chi connectivity index (χ0) is 18.4. The number of hydrogen-bond acceptors (Lipinski definition) is 5. The first-order valence-corrected chi connectivity index (χ1v) is 10.7. The molecule has 8 heteroatoms. The highest BCUT2D eigenvalue weighted by Gasteiger charge is 2.25. The minimum atomic E-state index is -0.217. The molecule has 0 saturated carbocycles. The van der Waals surface area contributed by atoms with Gasteiger partial charge in [-0.05, 0) is 36.4 Å². The summed E-state index contributed by atoms with van der Waals surface area (Å²) in [5.41, 5.74) is 3.78. The number of thiazole rings is 1. The van der Waals surface area contributed by atoms with Gasteiger partial charge in [0.25, 0.3) is 5.91 Å². The first-order chi connectivity index (χ1) is 13.2. The van der Waals surface area contributed by atoms with E-state index in [1.165, 1.54) is 11.3 Å². The van der Waals surface area contributed by atoms with Gasteiger partial charge < -0.3 is 5.32 Å². The van der Waals surface area contributed by atoms with Crippen LogP contribution in [-0.2, 0) is 11.5 Å². The fraction of sp³-hybridized carbons (Fsp3) is 0.105. The second kappa shape index (κ2) is 6.67. The molecule has 0 atom stereocenters. The molecule has 4 aromatic rings. The number of carbonyl (C=O) groups is 1. The van der Waals surface area contributed by atoms with Crippen molar-refractivity contribution < 1.29 is 4.79 Å². The van der Waals surface area contributed by atoms with Gasteiger partial charge in [-0.1, -0.05) is 23.7 Å². The van der Waals surface area contributed by atoms with Crippen molar-refractivity contribution in [2.45, 2.75) is 11.5 Å². The summed E-state index contributed by atoms with van der Waals surface area (Å²) >= 11 is 9.19. The van der Waals surface area contributed by atoms with Crippen molar-refractivity contribution >= 4 is 56.6 Å². The Hall–Kier alpha value is -2.35. The van der Waals surface area contributed by atoms with Crippen molar-refractivity contribution in [3.63, 3.8) is 0 Å². The van der Waals surface area contributed by atoms with E-state index >= 15 is 0 Å². The van der Waals surface area contributed by atoms with Gasteiger partial charge >= 0.3 is 0 Å². The van der Waals surface area contributed by atoms with E-state index in [0.29, 0.717) is 15.8 Å². The molecule has 0 aliphatic carbocycles. The maximum absolute atomic E-state index is 12.9. The molecule has 1 aliphatic rings. The van der Waals surface area contributed by atoms with Gasteiger partial charge in [0.1, 0.15) is 5.82 Å². The number of benzene rings is 2. The van der Waals surface area contributed by atoms with Crippen LogP contribution < -0.4 is 5.32 Å². The summed E-state index contributed by atoms with van der Waals surface area (Å²) in [5, 5.41) is 8.85. The average molecular weight is 413 g/mol. The number of aromatic nitrogens is 3. The summed E-state index contributed by atoms with van der Waals surface area (Å²) in [6.07, 6.45) is 0. The van der Waals surface area contributed by atoms with Crippen molar-refractivity contribution in [2.75, 3.05) is 5.32 Å². The Bertz CT molecular complexity index is 1130. The molecule has 3 heterocycles. The quantitative estimate of drug-likeness (QED) is 0.506. The van der Waals surface area contributed by atoms with Crippen LogP contribution in [0.15, 0.2) is 48.5 Å². The Labute approximate surface area is 168 Å². The van der Waals surface area contributed by atoms with E-state index in [1.807, 2.05) is 48.5 Å². The zero-order valence-corrected chi connectivity index (χ0v) is 16.4. The van der Waals surface area contributed by atoms with E-state index in [4.69, 9.17) is 16.7 Å². The Kier molecular flexibility index (Phi) is 4.15. The van der Waals surface area contributed by atoms with E-state index in [1.54, 1.807) is 16.4 Å². The van der Waals surface area contributed by atoms with E-state index in [2.05, 4.69) is 10.3 Å². The average Bonchev–Trinajstić information content (AvgIpc) is 3.37. The molecule has 5 rings (SSSR count). The standard InChI is InChI=1S/C19H13ClN4OS2/c20-11-5-7-12(8-6-11)24-17(13-9-26-10-15(13)23-24)22-18(25)19-21-14-3-1-2-4-16(14)27-19/h1-8H,9-10H2,(H,22,25). The summed E-state index contributed by atoms with van der Waals surface area (Å²) in [6.45, 7) is 0. The van der Waals surface area contributed by atoms with Crippen LogP contribution in [0.4, 0.5) is 5.82 Å². The third kappa shape index (κ3) is 3.01. The topological polar surface area (TPSA) is 59.8 Å². The maximum atomic E-state index is 12.9. The third-order valence-corrected chi connectivity index (χ3v) is 6.60. The van der Waals surface area contributed by atoms with E-state index < -0.39 is 0 Å². The Balaban J connectivity index is 1.54. The lowest BCUT2D eigenvalue weighted by atomic mass is 10.2. The summed E-state index contributed by atoms with van der Waals surface area (Å²) in [5.74, 6) is 2.17. The number of anilines is 1. The highest BCUT2D eigenvalue weighted by Crippen LogP contribution is 2.36. The summed E-state index contributed by atoms with van der Waals surface area (Å²) in [7, 11) is 0. The molecular weight excluding hydrogens is 400 g/mol. The van der Waals surface area contributed by atoms with Gasteiger partial charge in [0.05, 0.1) is 21.6 Å². The van der Waals surface area contributed by atoms with Crippen molar-refractivity contribution in [3.05, 3.63) is 69.8 Å². The zero-order valence-electron chi connectivity index (χ0n) is 14.0. The van der Waals surface area contributed by atoms with Crippen LogP contribution in [0.25, 0.3) is 15.9 Å². The largest absolute Gasteiger partial charge is 0.304 e. The Morgan fingerprint density at radius 1 is 1.11 bits per heavy atom. The molecule has 1 N–H and O–H groups in total. The number of halogens is 1. The number of thioether (sulfide) groups is 1. The molecule has 1 aliphatic heterocycles. The molecule has 5 nitrogen and oxygen atoms in total. The number of nitrogens with zero attached hydrogens (tertiary/aromatic N) is 3. The SMILES string of the molecule is O=C(Nc1c2c(nn1-c1ccc(Cl)cc1)CSC2)c1nc2ccccc2s1. The van der Waals surface area contributed by atoms with Crippen molar-refractivity contribution in [3.8, 4) is 5.69 Å². The van der Waals surface area contributed by atoms with Gasteiger partial charge in [-0.2, -0.15) is 16.9 Å². The van der Waals surface area contributed by atoms with Gasteiger partial charge in [-0.15, -0.1) is 11.3 Å². The predicted octanol–water partition coefficient (Wildman–Crippen LogP) is 5.13. The van der Waals surface area contributed by atoms with Crippen LogP contribution in [0.3, 0.4) is 0 Å². The second-order valence-corrected chi connectivity index (χ2v) is 8.55. The van der Waals surface area contributed by atoms with Crippen LogP contribution in [0.1, 0.15) is 21.1 Å². The van der Waals surface area contributed by atoms with Crippen LogP contribution >= 0.6 is 34.7 Å². The van der Waals surface area contributed by atoms with Crippen molar-refractivity contribution in [2.24, 2.45) is 0 Å². The molecule has 1 amide bonds. The highest BCUT2D eigenvalue weighted by atomic mass is 35.5. The Morgan fingerprint density at radius 2 is 1.93 bits per heavy atom. The molecule has 2 aromatic carbocycles. The highest BCUT2D eigenvalue weighted by molar-refractivity contribution is 7.98. The minimum absolute atomic E-state index is 0.217. The maximum Gasteiger partial charge on any atom is 0.285 e. The number of hydrogen-bond donors (Lipinski definition) is 1. The lowest BCUT2D eigenvalue weighted by molar-refractivity contribution is 0.102. The fourth-order valence-corrected chi connectivity index (χ4v) is 5.06. The van der Waals surface area contributed by atoms with E-state index in [0.717, 1.165) is 38.7 Å². The monoisotopic (exact) mass is 412 g/mol. The summed E-state index contributed by atoms with van der Waals surface area (Å²) in [4.78, 5) is 17.3. The first kappa shape index (κ1) is 16.8. The molecule has 0 radical (unpaired) electrons. The van der Waals surface area contributed by atoms with Crippen molar-refractivity contribution in [1.82, 2.24) is 14.8 Å². The molecule has 0 saturated heterocycles. The van der Waals surface area contributed by atoms with Crippen LogP contribution in [0.5, 0.6) is 0 Å². The van der Waals surface area contributed by atoms with E-state index in [-0.39, 0.29) is 5.91 Å². The van der Waals surface area contributed by atoms with Crippen LogP contribution in [-0.4, -0.2) is 20.7 Å². The number of rotatable bonds is 3. The first-order valence-electron chi connectivity index (χ1n) is 8.30. The molecule has 27 heavy (non-hydrogen) atoms. The third-order valence-electron chi connectivity index (χ3n) is 4.34. The van der Waals surface area contributed by atoms with E-state index in [9.17, 15) is 4.79 Å². The lowest BCUT2D eigenvalue weighted by Gasteiger charge is -2.10. The summed E-state index contributed by atoms with van der Waals surface area (Å²) < 4.78 is 2.78. The molecule has 134 valence electrons. The van der Waals surface area contributed by atoms with Gasteiger partial charge in [0.2, 0.25) is 0 Å². The number of nitrogens with one attached hydrogen (secondary N) is 1. The molecule has 0 spiro atoms. The van der Waals surface area contributed by atoms with Crippen LogP contribution in [0, 0.1) is 0 Å². The van der Waals surface area contributed by atoms with Gasteiger partial charge in [-0.25, -0.2) is 9.67 Å². The number of para-hydroxylation sites is 1. The lowest BCUT2D eigenvalue weighted by Crippen LogP contribution is -2.16. The smallest absolute Gasteiger partial charge is 0.285 e. The van der Waals surface area contributed by atoms with Crippen molar-refractivity contribution in [1.29, 1.82) is 0 Å². The number of amides is 1. The predicted molar refractivity (Wildman–Crippen MR) is 111 cm³/mol. The van der Waals surface area contributed by atoms with Gasteiger partial charge in [-0.3, -0.25) is 4.79 Å². The number of fused-ring (bicyclic) bond motifs is 2. The molecule has 0 fully saturated rings. The fourth-order valence-electron chi connectivity index (χ4n) is 3.04. The molecule has 0 bridgehead atoms.